The van der Waals surface area contributed by atoms with Crippen molar-refractivity contribution in [1.29, 1.82) is 0 Å². The Kier molecular flexibility index (Phi) is 3.05. The summed E-state index contributed by atoms with van der Waals surface area (Å²) in [4.78, 5) is 6.17. The molecule has 0 spiro atoms. The van der Waals surface area contributed by atoms with E-state index in [1.807, 2.05) is 19.2 Å². The molecule has 0 bridgehead atoms. The Morgan fingerprint density at radius 3 is 2.67 bits per heavy atom. The summed E-state index contributed by atoms with van der Waals surface area (Å²) < 4.78 is 0. The first-order valence-corrected chi connectivity index (χ1v) is 4.05. The fraction of sp³-hybridized carbons (Fsp3) is 0.444. The molecule has 0 aliphatic rings. The fourth-order valence-corrected chi connectivity index (χ4v) is 0.919. The van der Waals surface area contributed by atoms with E-state index in [9.17, 15) is 0 Å². The third-order valence-corrected chi connectivity index (χ3v) is 1.89. The second kappa shape index (κ2) is 4.07. The average Bonchev–Trinajstić information content (AvgIpc) is 2.17. The number of aromatic nitrogens is 1. The summed E-state index contributed by atoms with van der Waals surface area (Å²) in [6, 6.07) is 3.80. The van der Waals surface area contributed by atoms with Gasteiger partial charge >= 0.3 is 0 Å². The highest BCUT2D eigenvalue weighted by molar-refractivity contribution is 5.43. The molecular weight excluding hydrogens is 152 g/mol. The SMILES string of the molecule is CCN(C)c1ccc(CO)nc1. The lowest BCUT2D eigenvalue weighted by molar-refractivity contribution is 0.277. The number of anilines is 1. The monoisotopic (exact) mass is 166 g/mol. The molecule has 0 unspecified atom stereocenters. The van der Waals surface area contributed by atoms with E-state index >= 15 is 0 Å². The van der Waals surface area contributed by atoms with Gasteiger partial charge in [0, 0.05) is 13.6 Å². The van der Waals surface area contributed by atoms with Crippen LogP contribution in [-0.2, 0) is 6.61 Å². The van der Waals surface area contributed by atoms with Crippen molar-refractivity contribution in [1.82, 2.24) is 4.98 Å². The van der Waals surface area contributed by atoms with E-state index < -0.39 is 0 Å². The van der Waals surface area contributed by atoms with Crippen LogP contribution in [0.5, 0.6) is 0 Å². The number of pyridine rings is 1. The molecule has 0 saturated heterocycles. The van der Waals surface area contributed by atoms with Crippen molar-refractivity contribution >= 4 is 5.69 Å². The topological polar surface area (TPSA) is 36.4 Å². The lowest BCUT2D eigenvalue weighted by atomic mass is 10.3. The third-order valence-electron chi connectivity index (χ3n) is 1.89. The normalized spacial score (nSPS) is 9.92. The Hall–Kier alpha value is -1.09. The van der Waals surface area contributed by atoms with E-state index in [1.165, 1.54) is 0 Å². The van der Waals surface area contributed by atoms with E-state index in [2.05, 4.69) is 16.8 Å². The van der Waals surface area contributed by atoms with Gasteiger partial charge in [-0.05, 0) is 19.1 Å². The average molecular weight is 166 g/mol. The molecule has 0 fully saturated rings. The molecule has 0 atom stereocenters. The van der Waals surface area contributed by atoms with Gasteiger partial charge in [0.2, 0.25) is 0 Å². The van der Waals surface area contributed by atoms with Crippen LogP contribution in [0, 0.1) is 0 Å². The van der Waals surface area contributed by atoms with Gasteiger partial charge in [0.05, 0.1) is 24.2 Å². The van der Waals surface area contributed by atoms with Gasteiger partial charge in [-0.15, -0.1) is 0 Å². The number of aliphatic hydroxyl groups excluding tert-OH is 1. The zero-order valence-electron chi connectivity index (χ0n) is 7.49. The minimum atomic E-state index is 0.0100. The number of hydrogen-bond donors (Lipinski definition) is 1. The van der Waals surface area contributed by atoms with Crippen molar-refractivity contribution in [3.05, 3.63) is 24.0 Å². The summed E-state index contributed by atoms with van der Waals surface area (Å²) in [5, 5.41) is 8.75. The van der Waals surface area contributed by atoms with Crippen molar-refractivity contribution in [2.45, 2.75) is 13.5 Å². The molecule has 1 heterocycles. The van der Waals surface area contributed by atoms with Gasteiger partial charge < -0.3 is 10.0 Å². The van der Waals surface area contributed by atoms with E-state index in [1.54, 1.807) is 6.20 Å². The summed E-state index contributed by atoms with van der Waals surface area (Å²) in [6.45, 7) is 3.05. The number of nitrogens with zero attached hydrogens (tertiary/aromatic N) is 2. The third kappa shape index (κ3) is 1.95. The van der Waals surface area contributed by atoms with Crippen LogP contribution in [0.4, 0.5) is 5.69 Å². The molecule has 0 aliphatic heterocycles. The summed E-state index contributed by atoms with van der Waals surface area (Å²) in [6.07, 6.45) is 1.77. The van der Waals surface area contributed by atoms with Gasteiger partial charge in [0.1, 0.15) is 0 Å². The quantitative estimate of drug-likeness (QED) is 0.728. The molecule has 0 aromatic carbocycles. The van der Waals surface area contributed by atoms with Crippen LogP contribution in [0.3, 0.4) is 0 Å². The molecule has 66 valence electrons. The van der Waals surface area contributed by atoms with Crippen molar-refractivity contribution < 1.29 is 5.11 Å². The molecule has 12 heavy (non-hydrogen) atoms. The van der Waals surface area contributed by atoms with Crippen LogP contribution in [-0.4, -0.2) is 23.7 Å². The summed E-state index contributed by atoms with van der Waals surface area (Å²) >= 11 is 0. The van der Waals surface area contributed by atoms with Gasteiger partial charge in [-0.3, -0.25) is 4.98 Å². The predicted octanol–water partition coefficient (Wildman–Crippen LogP) is 1.03. The van der Waals surface area contributed by atoms with Gasteiger partial charge in [-0.2, -0.15) is 0 Å². The van der Waals surface area contributed by atoms with Crippen LogP contribution in [0.15, 0.2) is 18.3 Å². The van der Waals surface area contributed by atoms with Crippen LogP contribution in [0.25, 0.3) is 0 Å². The Bertz CT molecular complexity index is 233. The first-order valence-electron chi connectivity index (χ1n) is 4.05. The molecule has 1 aromatic heterocycles. The lowest BCUT2D eigenvalue weighted by Crippen LogP contribution is -2.15. The molecule has 3 heteroatoms. The Balaban J connectivity index is 2.77. The summed E-state index contributed by atoms with van der Waals surface area (Å²) in [5.74, 6) is 0. The minimum Gasteiger partial charge on any atom is -0.390 e. The summed E-state index contributed by atoms with van der Waals surface area (Å²) in [5.41, 5.74) is 1.79. The maximum atomic E-state index is 8.75. The predicted molar refractivity (Wildman–Crippen MR) is 49.1 cm³/mol. The Labute approximate surface area is 72.7 Å². The number of aliphatic hydroxyl groups is 1. The molecular formula is C9H14N2O. The number of hydrogen-bond acceptors (Lipinski definition) is 3. The highest BCUT2D eigenvalue weighted by atomic mass is 16.3. The number of rotatable bonds is 3. The van der Waals surface area contributed by atoms with E-state index in [0.29, 0.717) is 5.69 Å². The molecule has 1 aromatic rings. The molecule has 1 N–H and O–H groups in total. The lowest BCUT2D eigenvalue weighted by Gasteiger charge is -2.15. The highest BCUT2D eigenvalue weighted by Crippen LogP contribution is 2.10. The molecule has 0 saturated carbocycles. The van der Waals surface area contributed by atoms with Crippen molar-refractivity contribution in [2.24, 2.45) is 0 Å². The molecule has 1 rings (SSSR count). The first kappa shape index (κ1) is 9.00. The van der Waals surface area contributed by atoms with Crippen LogP contribution < -0.4 is 4.90 Å². The van der Waals surface area contributed by atoms with Crippen molar-refractivity contribution in [3.8, 4) is 0 Å². The minimum absolute atomic E-state index is 0.0100. The van der Waals surface area contributed by atoms with E-state index in [4.69, 9.17) is 5.11 Å². The van der Waals surface area contributed by atoms with Gasteiger partial charge in [0.15, 0.2) is 0 Å². The second-order valence-electron chi connectivity index (χ2n) is 2.68. The van der Waals surface area contributed by atoms with E-state index in [0.717, 1.165) is 12.2 Å². The summed E-state index contributed by atoms with van der Waals surface area (Å²) in [7, 11) is 2.01. The maximum absolute atomic E-state index is 8.75. The van der Waals surface area contributed by atoms with Crippen molar-refractivity contribution in [2.75, 3.05) is 18.5 Å². The maximum Gasteiger partial charge on any atom is 0.0852 e. The Morgan fingerprint density at radius 2 is 2.25 bits per heavy atom. The van der Waals surface area contributed by atoms with Gasteiger partial charge in [-0.25, -0.2) is 0 Å². The van der Waals surface area contributed by atoms with Crippen LogP contribution in [0.1, 0.15) is 12.6 Å². The van der Waals surface area contributed by atoms with Gasteiger partial charge in [-0.1, -0.05) is 0 Å². The van der Waals surface area contributed by atoms with E-state index in [-0.39, 0.29) is 6.61 Å². The Morgan fingerprint density at radius 1 is 1.50 bits per heavy atom. The standard InChI is InChI=1S/C9H14N2O/c1-3-11(2)9-5-4-8(7-12)10-6-9/h4-6,12H,3,7H2,1-2H3. The molecule has 0 radical (unpaired) electrons. The molecule has 0 amide bonds. The van der Waals surface area contributed by atoms with Crippen LogP contribution in [0.2, 0.25) is 0 Å². The van der Waals surface area contributed by atoms with Gasteiger partial charge in [0.25, 0.3) is 0 Å². The van der Waals surface area contributed by atoms with Crippen LogP contribution >= 0.6 is 0 Å². The largest absolute Gasteiger partial charge is 0.390 e. The second-order valence-corrected chi connectivity index (χ2v) is 2.68. The molecule has 0 aliphatic carbocycles. The zero-order chi connectivity index (χ0) is 8.97. The first-order chi connectivity index (χ1) is 5.77. The van der Waals surface area contributed by atoms with Crippen molar-refractivity contribution in [3.63, 3.8) is 0 Å². The zero-order valence-corrected chi connectivity index (χ0v) is 7.49. The highest BCUT2D eigenvalue weighted by Gasteiger charge is 1.97. The fourth-order valence-electron chi connectivity index (χ4n) is 0.919. The smallest absolute Gasteiger partial charge is 0.0852 e. The molecule has 3 nitrogen and oxygen atoms in total.